The second kappa shape index (κ2) is 9.86. The Balaban J connectivity index is 1.49. The zero-order valence-electron chi connectivity index (χ0n) is 21.8. The van der Waals surface area contributed by atoms with Gasteiger partial charge in [-0.1, -0.05) is 30.3 Å². The van der Waals surface area contributed by atoms with E-state index in [0.29, 0.717) is 51.8 Å². The van der Waals surface area contributed by atoms with Gasteiger partial charge in [0.25, 0.3) is 0 Å². The van der Waals surface area contributed by atoms with Gasteiger partial charge in [0.15, 0.2) is 28.5 Å². The van der Waals surface area contributed by atoms with Crippen LogP contribution >= 0.6 is 0 Å². The van der Waals surface area contributed by atoms with Gasteiger partial charge in [-0.05, 0) is 24.3 Å². The van der Waals surface area contributed by atoms with Crippen molar-refractivity contribution in [3.63, 3.8) is 0 Å². The number of para-hydroxylation sites is 3. The van der Waals surface area contributed by atoms with Crippen molar-refractivity contribution in [2.24, 2.45) is 7.05 Å². The Bertz CT molecular complexity index is 1770. The summed E-state index contributed by atoms with van der Waals surface area (Å²) in [4.78, 5) is 19.0. The van der Waals surface area contributed by atoms with Crippen molar-refractivity contribution in [2.45, 2.75) is 0 Å². The monoisotopic (exact) mass is 522 g/mol. The molecule has 0 fully saturated rings. The molecule has 11 nitrogen and oxygen atoms in total. The molecule has 0 bridgehead atoms. The molecule has 6 rings (SSSR count). The van der Waals surface area contributed by atoms with E-state index in [4.69, 9.17) is 29.2 Å². The number of methoxy groups -OCH3 is 3. The van der Waals surface area contributed by atoms with Crippen LogP contribution in [0.2, 0.25) is 0 Å². The van der Waals surface area contributed by atoms with Crippen LogP contribution in [0.4, 0.5) is 23.4 Å². The Hall–Kier alpha value is -5.32. The Morgan fingerprint density at radius 1 is 0.769 bits per heavy atom. The van der Waals surface area contributed by atoms with Crippen LogP contribution in [0, 0.1) is 0 Å². The summed E-state index contributed by atoms with van der Waals surface area (Å²) < 4.78 is 20.4. The molecule has 11 heteroatoms. The summed E-state index contributed by atoms with van der Waals surface area (Å²) in [6.07, 6.45) is 1.73. The zero-order valence-corrected chi connectivity index (χ0v) is 21.8. The number of aromatic nitrogens is 6. The Morgan fingerprint density at radius 3 is 2.18 bits per heavy atom. The van der Waals surface area contributed by atoms with Crippen LogP contribution in [0.1, 0.15) is 0 Å². The van der Waals surface area contributed by atoms with Crippen LogP contribution < -0.4 is 24.8 Å². The average molecular weight is 523 g/mol. The number of benzene rings is 3. The molecular weight excluding hydrogens is 496 g/mol. The van der Waals surface area contributed by atoms with Gasteiger partial charge in [-0.15, -0.1) is 0 Å². The highest BCUT2D eigenvalue weighted by Crippen LogP contribution is 2.41. The van der Waals surface area contributed by atoms with Gasteiger partial charge in [-0.3, -0.25) is 9.88 Å². The fourth-order valence-electron chi connectivity index (χ4n) is 4.47. The summed E-state index contributed by atoms with van der Waals surface area (Å²) in [6, 6.07) is 21.4. The highest BCUT2D eigenvalue weighted by Gasteiger charge is 2.19. The van der Waals surface area contributed by atoms with Crippen molar-refractivity contribution >= 4 is 45.6 Å². The van der Waals surface area contributed by atoms with Crippen molar-refractivity contribution in [3.05, 3.63) is 73.1 Å². The van der Waals surface area contributed by atoms with Crippen molar-refractivity contribution in [3.8, 4) is 22.9 Å². The van der Waals surface area contributed by atoms with Crippen molar-refractivity contribution in [1.82, 2.24) is 29.1 Å². The molecule has 0 radical (unpaired) electrons. The maximum atomic E-state index is 5.53. The highest BCUT2D eigenvalue weighted by atomic mass is 16.5. The molecule has 3 aromatic carbocycles. The van der Waals surface area contributed by atoms with Gasteiger partial charge >= 0.3 is 0 Å². The fourth-order valence-corrected chi connectivity index (χ4v) is 4.47. The van der Waals surface area contributed by atoms with Gasteiger partial charge in [0.05, 0.1) is 32.4 Å². The molecule has 0 spiro atoms. The third-order valence-electron chi connectivity index (χ3n) is 6.37. The van der Waals surface area contributed by atoms with Crippen LogP contribution in [-0.2, 0) is 7.05 Å². The predicted molar refractivity (Wildman–Crippen MR) is 150 cm³/mol. The average Bonchev–Trinajstić information content (AvgIpc) is 3.54. The first kappa shape index (κ1) is 24.0. The van der Waals surface area contributed by atoms with Gasteiger partial charge in [-0.2, -0.15) is 9.97 Å². The van der Waals surface area contributed by atoms with Crippen LogP contribution in [0.5, 0.6) is 17.2 Å². The summed E-state index contributed by atoms with van der Waals surface area (Å²) in [7, 11) is 6.66. The topological polar surface area (TPSA) is 113 Å². The molecule has 3 aromatic heterocycles. The summed E-state index contributed by atoms with van der Waals surface area (Å²) in [6.45, 7) is 0. The maximum Gasteiger partial charge on any atom is 0.233 e. The third kappa shape index (κ3) is 4.29. The zero-order chi connectivity index (χ0) is 26.9. The SMILES string of the molecule is COc1cc(Nc2nc(Nc3nc4ccccc4n3C)nc3c2ncn3-c2ccccc2)cc(OC)c1OC. The molecule has 0 saturated carbocycles. The number of nitrogens with one attached hydrogen (secondary N) is 2. The number of fused-ring (bicyclic) bond motifs is 2. The lowest BCUT2D eigenvalue weighted by molar-refractivity contribution is 0.324. The van der Waals surface area contributed by atoms with E-state index in [1.165, 1.54) is 0 Å². The van der Waals surface area contributed by atoms with E-state index < -0.39 is 0 Å². The molecular formula is C28H26N8O3. The molecule has 0 saturated heterocycles. The van der Waals surface area contributed by atoms with Crippen molar-refractivity contribution in [2.75, 3.05) is 32.0 Å². The quantitative estimate of drug-likeness (QED) is 0.278. The lowest BCUT2D eigenvalue weighted by atomic mass is 10.2. The Labute approximate surface area is 224 Å². The number of anilines is 4. The number of nitrogens with zero attached hydrogens (tertiary/aromatic N) is 6. The molecule has 6 aromatic rings. The number of ether oxygens (including phenoxy) is 3. The molecule has 0 amide bonds. The first-order valence-corrected chi connectivity index (χ1v) is 12.2. The van der Waals surface area contributed by atoms with Gasteiger partial charge in [0, 0.05) is 30.6 Å². The van der Waals surface area contributed by atoms with Gasteiger partial charge < -0.3 is 24.1 Å². The van der Waals surface area contributed by atoms with E-state index in [1.54, 1.807) is 27.7 Å². The smallest absolute Gasteiger partial charge is 0.233 e. The number of hydrogen-bond acceptors (Lipinski definition) is 9. The molecule has 0 atom stereocenters. The molecule has 196 valence electrons. The van der Waals surface area contributed by atoms with Gasteiger partial charge in [-0.25, -0.2) is 9.97 Å². The van der Waals surface area contributed by atoms with Crippen LogP contribution in [0.3, 0.4) is 0 Å². The molecule has 0 aliphatic carbocycles. The van der Waals surface area contributed by atoms with E-state index in [2.05, 4.69) is 15.6 Å². The summed E-state index contributed by atoms with van der Waals surface area (Å²) in [5.41, 5.74) is 4.66. The van der Waals surface area contributed by atoms with Crippen LogP contribution in [0.25, 0.3) is 27.9 Å². The second-order valence-electron chi connectivity index (χ2n) is 8.67. The largest absolute Gasteiger partial charge is 0.493 e. The Morgan fingerprint density at radius 2 is 1.49 bits per heavy atom. The number of hydrogen-bond donors (Lipinski definition) is 2. The molecule has 0 unspecified atom stereocenters. The predicted octanol–water partition coefficient (Wildman–Crippen LogP) is 5.22. The number of aryl methyl sites for hydroxylation is 1. The standard InChI is InChI=1S/C28H26N8O3/c1-35-20-13-9-8-12-19(20)31-28(35)34-27-32-25(30-17-14-21(37-2)24(39-4)22(15-17)38-3)23-26(33-27)36(16-29-23)18-10-6-5-7-11-18/h5-16H,1-4H3,(H2,30,31,32,33,34). The first-order valence-electron chi connectivity index (χ1n) is 12.2. The number of rotatable bonds is 8. The first-order chi connectivity index (χ1) is 19.1. The Kier molecular flexibility index (Phi) is 6.08. The van der Waals surface area contributed by atoms with Crippen LogP contribution in [0.15, 0.2) is 73.1 Å². The van der Waals surface area contributed by atoms with E-state index >= 15 is 0 Å². The summed E-state index contributed by atoms with van der Waals surface area (Å²) in [5.74, 6) is 2.98. The molecule has 0 aliphatic rings. The lowest BCUT2D eigenvalue weighted by Gasteiger charge is -2.15. The summed E-state index contributed by atoms with van der Waals surface area (Å²) >= 11 is 0. The van der Waals surface area contributed by atoms with E-state index in [-0.39, 0.29) is 0 Å². The van der Waals surface area contributed by atoms with E-state index in [0.717, 1.165) is 16.7 Å². The molecule has 3 heterocycles. The van der Waals surface area contributed by atoms with Crippen LogP contribution in [-0.4, -0.2) is 50.4 Å². The molecule has 39 heavy (non-hydrogen) atoms. The van der Waals surface area contributed by atoms with Gasteiger partial charge in [0.2, 0.25) is 17.6 Å². The number of imidazole rings is 2. The van der Waals surface area contributed by atoms with Crippen molar-refractivity contribution < 1.29 is 14.2 Å². The van der Waals surface area contributed by atoms with E-state index in [9.17, 15) is 0 Å². The molecule has 2 N–H and O–H groups in total. The second-order valence-corrected chi connectivity index (χ2v) is 8.67. The van der Waals surface area contributed by atoms with Gasteiger partial charge in [0.1, 0.15) is 6.33 Å². The minimum Gasteiger partial charge on any atom is -0.493 e. The van der Waals surface area contributed by atoms with E-state index in [1.807, 2.05) is 82.9 Å². The lowest BCUT2D eigenvalue weighted by Crippen LogP contribution is -2.07. The minimum absolute atomic E-state index is 0.355. The normalized spacial score (nSPS) is 11.1. The fraction of sp³-hybridized carbons (Fsp3) is 0.143. The third-order valence-corrected chi connectivity index (χ3v) is 6.37. The maximum absolute atomic E-state index is 5.53. The minimum atomic E-state index is 0.355. The van der Waals surface area contributed by atoms with Crippen molar-refractivity contribution in [1.29, 1.82) is 0 Å². The highest BCUT2D eigenvalue weighted by molar-refractivity contribution is 5.88. The molecule has 0 aliphatic heterocycles. The summed E-state index contributed by atoms with van der Waals surface area (Å²) in [5, 5.41) is 6.66.